The molecule has 9 heteroatoms. The van der Waals surface area contributed by atoms with Crippen molar-refractivity contribution in [1.82, 2.24) is 24.8 Å². The number of hydrogen-bond donors (Lipinski definition) is 2. The van der Waals surface area contributed by atoms with Gasteiger partial charge in [-0.25, -0.2) is 4.98 Å². The van der Waals surface area contributed by atoms with E-state index in [0.717, 1.165) is 56.8 Å². The van der Waals surface area contributed by atoms with Crippen molar-refractivity contribution in [2.75, 3.05) is 44.7 Å². The van der Waals surface area contributed by atoms with E-state index in [1.807, 2.05) is 6.92 Å². The van der Waals surface area contributed by atoms with Crippen molar-refractivity contribution in [1.29, 1.82) is 0 Å². The van der Waals surface area contributed by atoms with Crippen molar-refractivity contribution in [2.24, 2.45) is 0 Å². The molecule has 0 radical (unpaired) electrons. The highest BCUT2D eigenvalue weighted by Gasteiger charge is 2.23. The van der Waals surface area contributed by atoms with E-state index >= 15 is 0 Å². The summed E-state index contributed by atoms with van der Waals surface area (Å²) in [7, 11) is 0. The highest BCUT2D eigenvalue weighted by molar-refractivity contribution is 5.94. The number of nitrogens with one attached hydrogen (secondary N) is 2. The van der Waals surface area contributed by atoms with Gasteiger partial charge in [0.15, 0.2) is 5.65 Å². The maximum Gasteiger partial charge on any atom is 0.256 e. The van der Waals surface area contributed by atoms with E-state index in [0.29, 0.717) is 35.4 Å². The summed E-state index contributed by atoms with van der Waals surface area (Å²) in [6, 6.07) is 10.6. The molecule has 2 N–H and O–H groups in total. The second kappa shape index (κ2) is 9.29. The molecule has 2 aliphatic rings. The number of carbonyl (C=O) groups is 1. The molecule has 2 aromatic heterocycles. The smallest absolute Gasteiger partial charge is 0.256 e. The van der Waals surface area contributed by atoms with Crippen LogP contribution >= 0.6 is 0 Å². The van der Waals surface area contributed by atoms with E-state index < -0.39 is 0 Å². The molecular formula is C24H28N6O3. The number of ether oxygens (including phenoxy) is 1. The van der Waals surface area contributed by atoms with E-state index in [4.69, 9.17) is 4.74 Å². The number of carbonyl (C=O) groups excluding carboxylic acids is 1. The summed E-state index contributed by atoms with van der Waals surface area (Å²) >= 11 is 0. The van der Waals surface area contributed by atoms with Gasteiger partial charge in [-0.05, 0) is 50.1 Å². The van der Waals surface area contributed by atoms with Gasteiger partial charge in [0, 0.05) is 49.2 Å². The molecule has 0 bridgehead atoms. The van der Waals surface area contributed by atoms with Crippen LogP contribution in [-0.4, -0.2) is 70.8 Å². The van der Waals surface area contributed by atoms with Gasteiger partial charge in [-0.3, -0.25) is 19.1 Å². The van der Waals surface area contributed by atoms with Crippen LogP contribution in [0.2, 0.25) is 0 Å². The molecule has 0 atom stereocenters. The van der Waals surface area contributed by atoms with Gasteiger partial charge in [0.05, 0.1) is 24.6 Å². The third-order valence-corrected chi connectivity index (χ3v) is 6.06. The Hall–Kier alpha value is -3.30. The maximum atomic E-state index is 12.8. The largest absolute Gasteiger partial charge is 0.379 e. The van der Waals surface area contributed by atoms with E-state index in [9.17, 15) is 9.59 Å². The zero-order valence-corrected chi connectivity index (χ0v) is 18.7. The minimum atomic E-state index is -0.185. The van der Waals surface area contributed by atoms with Gasteiger partial charge in [-0.15, -0.1) is 0 Å². The fourth-order valence-corrected chi connectivity index (χ4v) is 4.00. The minimum Gasteiger partial charge on any atom is -0.379 e. The van der Waals surface area contributed by atoms with Gasteiger partial charge in [-0.2, -0.15) is 4.98 Å². The Morgan fingerprint density at radius 3 is 2.58 bits per heavy atom. The predicted molar refractivity (Wildman–Crippen MR) is 126 cm³/mol. The van der Waals surface area contributed by atoms with Gasteiger partial charge < -0.3 is 15.4 Å². The van der Waals surface area contributed by atoms with Gasteiger partial charge in [-0.1, -0.05) is 0 Å². The highest BCUT2D eigenvalue weighted by atomic mass is 16.5. The number of anilines is 1. The SMILES string of the molecule is Cc1nc(NCCN2CCOCC2)nc2c1ccc(=O)n2-c1ccc(C(=O)NC2CC2)cc1. The van der Waals surface area contributed by atoms with Gasteiger partial charge in [0.25, 0.3) is 11.5 Å². The molecule has 2 fully saturated rings. The molecule has 9 nitrogen and oxygen atoms in total. The van der Waals surface area contributed by atoms with Crippen LogP contribution in [0.25, 0.3) is 16.7 Å². The molecule has 5 rings (SSSR count). The lowest BCUT2D eigenvalue weighted by Crippen LogP contribution is -2.39. The Morgan fingerprint density at radius 1 is 1.09 bits per heavy atom. The molecule has 0 spiro atoms. The molecular weight excluding hydrogens is 420 g/mol. The first-order chi connectivity index (χ1) is 16.1. The molecule has 1 aliphatic carbocycles. The van der Waals surface area contributed by atoms with E-state index in [1.165, 1.54) is 6.07 Å². The Bertz CT molecular complexity index is 1210. The number of benzene rings is 1. The van der Waals surface area contributed by atoms with Crippen LogP contribution in [0, 0.1) is 6.92 Å². The van der Waals surface area contributed by atoms with Crippen molar-refractivity contribution in [2.45, 2.75) is 25.8 Å². The first-order valence-corrected chi connectivity index (χ1v) is 11.4. The molecule has 1 saturated heterocycles. The summed E-state index contributed by atoms with van der Waals surface area (Å²) in [5.41, 5.74) is 2.39. The van der Waals surface area contributed by atoms with Crippen molar-refractivity contribution < 1.29 is 9.53 Å². The molecule has 3 aromatic rings. The monoisotopic (exact) mass is 448 g/mol. The summed E-state index contributed by atoms with van der Waals surface area (Å²) in [6.07, 6.45) is 2.08. The first kappa shape index (κ1) is 21.5. The van der Waals surface area contributed by atoms with Crippen molar-refractivity contribution in [3.05, 3.63) is 58.0 Å². The predicted octanol–water partition coefficient (Wildman–Crippen LogP) is 1.73. The minimum absolute atomic E-state index is 0.0840. The number of aryl methyl sites for hydroxylation is 1. The van der Waals surface area contributed by atoms with Crippen molar-refractivity contribution in [3.63, 3.8) is 0 Å². The zero-order valence-electron chi connectivity index (χ0n) is 18.7. The summed E-state index contributed by atoms with van der Waals surface area (Å²) in [5, 5.41) is 7.09. The molecule has 1 aromatic carbocycles. The number of aromatic nitrogens is 3. The molecule has 172 valence electrons. The molecule has 0 unspecified atom stereocenters. The molecule has 1 saturated carbocycles. The summed E-state index contributed by atoms with van der Waals surface area (Å²) < 4.78 is 6.96. The average Bonchev–Trinajstić information content (AvgIpc) is 3.64. The normalized spacial score (nSPS) is 16.6. The second-order valence-electron chi connectivity index (χ2n) is 8.55. The number of pyridine rings is 1. The maximum absolute atomic E-state index is 12.8. The number of amides is 1. The lowest BCUT2D eigenvalue weighted by atomic mass is 10.1. The standard InChI is InChI=1S/C24H28N6O3/c1-16-20-8-9-21(31)30(19-6-2-17(3-7-19)23(32)27-18-4-5-18)22(20)28-24(26-16)25-10-11-29-12-14-33-15-13-29/h2-3,6-9,18H,4-5,10-15H2,1H3,(H,27,32)(H,25,26,28). The third kappa shape index (κ3) is 4.89. The molecule has 3 heterocycles. The number of hydrogen-bond acceptors (Lipinski definition) is 7. The van der Waals surface area contributed by atoms with Crippen LogP contribution in [0.3, 0.4) is 0 Å². The van der Waals surface area contributed by atoms with Crippen LogP contribution in [-0.2, 0) is 4.74 Å². The lowest BCUT2D eigenvalue weighted by molar-refractivity contribution is 0.0398. The Balaban J connectivity index is 1.40. The summed E-state index contributed by atoms with van der Waals surface area (Å²) in [5.74, 6) is 0.410. The van der Waals surface area contributed by atoms with Gasteiger partial charge in [0.1, 0.15) is 0 Å². The molecule has 1 aliphatic heterocycles. The summed E-state index contributed by atoms with van der Waals surface area (Å²) in [6.45, 7) is 6.86. The number of morpholine rings is 1. The number of rotatable bonds is 7. The van der Waals surface area contributed by atoms with Gasteiger partial charge >= 0.3 is 0 Å². The third-order valence-electron chi connectivity index (χ3n) is 6.06. The van der Waals surface area contributed by atoms with E-state index in [2.05, 4.69) is 25.5 Å². The topological polar surface area (TPSA) is 101 Å². The van der Waals surface area contributed by atoms with Crippen LogP contribution < -0.4 is 16.2 Å². The Morgan fingerprint density at radius 2 is 1.85 bits per heavy atom. The van der Waals surface area contributed by atoms with Crippen molar-refractivity contribution in [3.8, 4) is 5.69 Å². The van der Waals surface area contributed by atoms with E-state index in [1.54, 1.807) is 34.9 Å². The van der Waals surface area contributed by atoms with Crippen LogP contribution in [0.1, 0.15) is 28.9 Å². The van der Waals surface area contributed by atoms with Crippen LogP contribution in [0.15, 0.2) is 41.2 Å². The average molecular weight is 449 g/mol. The van der Waals surface area contributed by atoms with Crippen LogP contribution in [0.4, 0.5) is 5.95 Å². The van der Waals surface area contributed by atoms with Crippen molar-refractivity contribution >= 4 is 22.9 Å². The van der Waals surface area contributed by atoms with Gasteiger partial charge in [0.2, 0.25) is 5.95 Å². The fraction of sp³-hybridized carbons (Fsp3) is 0.417. The summed E-state index contributed by atoms with van der Waals surface area (Å²) in [4.78, 5) is 36.7. The number of nitrogens with zero attached hydrogens (tertiary/aromatic N) is 4. The highest BCUT2D eigenvalue weighted by Crippen LogP contribution is 2.21. The van der Waals surface area contributed by atoms with E-state index in [-0.39, 0.29) is 11.5 Å². The van der Waals surface area contributed by atoms with Crippen LogP contribution in [0.5, 0.6) is 0 Å². The lowest BCUT2D eigenvalue weighted by Gasteiger charge is -2.26. The molecule has 33 heavy (non-hydrogen) atoms. The molecule has 1 amide bonds. The quantitative estimate of drug-likeness (QED) is 0.568. The first-order valence-electron chi connectivity index (χ1n) is 11.4. The Kier molecular flexibility index (Phi) is 6.06. The Labute approximate surface area is 191 Å². The number of fused-ring (bicyclic) bond motifs is 1. The zero-order chi connectivity index (χ0) is 22.8. The fourth-order valence-electron chi connectivity index (χ4n) is 4.00. The second-order valence-corrected chi connectivity index (χ2v) is 8.55.